The quantitative estimate of drug-likeness (QED) is 0.768. The van der Waals surface area contributed by atoms with E-state index < -0.39 is 0 Å². The summed E-state index contributed by atoms with van der Waals surface area (Å²) in [5, 5.41) is 9.42. The van der Waals surface area contributed by atoms with Gasteiger partial charge < -0.3 is 5.73 Å². The van der Waals surface area contributed by atoms with Crippen LogP contribution in [0.3, 0.4) is 0 Å². The van der Waals surface area contributed by atoms with E-state index in [0.717, 1.165) is 27.9 Å². The molecule has 0 atom stereocenters. The molecule has 0 aliphatic rings. The Hall–Kier alpha value is -3.12. The minimum absolute atomic E-state index is 0.264. The van der Waals surface area contributed by atoms with Crippen molar-refractivity contribution in [1.29, 1.82) is 5.26 Å². The molecule has 2 N–H and O–H groups in total. The molecule has 0 radical (unpaired) electrons. The molecule has 3 heteroatoms. The van der Waals surface area contributed by atoms with Crippen molar-refractivity contribution in [2.75, 3.05) is 5.73 Å². The summed E-state index contributed by atoms with van der Waals surface area (Å²) in [6, 6.07) is 22.0. The van der Waals surface area contributed by atoms with Crippen molar-refractivity contribution in [1.82, 2.24) is 4.98 Å². The summed E-state index contributed by atoms with van der Waals surface area (Å²) in [6.45, 7) is 2.03. The third-order valence-electron chi connectivity index (χ3n) is 3.56. The molecule has 2 aromatic carbocycles. The maximum absolute atomic E-state index is 9.42. The molecule has 0 aliphatic heterocycles. The summed E-state index contributed by atoms with van der Waals surface area (Å²) in [4.78, 5) is 4.38. The van der Waals surface area contributed by atoms with E-state index in [-0.39, 0.29) is 5.82 Å². The van der Waals surface area contributed by atoms with Gasteiger partial charge in [0.1, 0.15) is 17.5 Å². The molecule has 106 valence electrons. The van der Waals surface area contributed by atoms with Gasteiger partial charge in [-0.05, 0) is 18.6 Å². The fourth-order valence-corrected chi connectivity index (χ4v) is 2.48. The largest absolute Gasteiger partial charge is 0.383 e. The highest BCUT2D eigenvalue weighted by Gasteiger charge is 2.13. The van der Waals surface area contributed by atoms with Gasteiger partial charge in [0.2, 0.25) is 0 Å². The highest BCUT2D eigenvalue weighted by Crippen LogP contribution is 2.31. The Morgan fingerprint density at radius 2 is 1.68 bits per heavy atom. The van der Waals surface area contributed by atoms with Crippen molar-refractivity contribution >= 4 is 5.82 Å². The van der Waals surface area contributed by atoms with Crippen molar-refractivity contribution < 1.29 is 0 Å². The standard InChI is InChI=1S/C19H15N3/c1-13-6-5-9-15(10-13)16-11-18(14-7-3-2-4-8-14)22-19(21)17(16)12-20/h2-11H,1H3,(H2,21,22). The van der Waals surface area contributed by atoms with Crippen LogP contribution in [0.4, 0.5) is 5.82 Å². The molecule has 3 rings (SSSR count). The summed E-state index contributed by atoms with van der Waals surface area (Å²) in [6.07, 6.45) is 0. The fraction of sp³-hybridized carbons (Fsp3) is 0.0526. The Labute approximate surface area is 129 Å². The molecule has 0 amide bonds. The molecule has 22 heavy (non-hydrogen) atoms. The van der Waals surface area contributed by atoms with Gasteiger partial charge in [-0.1, -0.05) is 60.2 Å². The maximum Gasteiger partial charge on any atom is 0.142 e. The Bertz CT molecular complexity index is 862. The first-order valence-electron chi connectivity index (χ1n) is 7.02. The van der Waals surface area contributed by atoms with Crippen molar-refractivity contribution in [2.24, 2.45) is 0 Å². The lowest BCUT2D eigenvalue weighted by Gasteiger charge is -2.10. The smallest absolute Gasteiger partial charge is 0.142 e. The van der Waals surface area contributed by atoms with Gasteiger partial charge in [-0.25, -0.2) is 4.98 Å². The van der Waals surface area contributed by atoms with E-state index in [2.05, 4.69) is 11.1 Å². The second kappa shape index (κ2) is 5.71. The molecule has 0 bridgehead atoms. The van der Waals surface area contributed by atoms with Crippen molar-refractivity contribution in [3.8, 4) is 28.5 Å². The van der Waals surface area contributed by atoms with E-state index in [1.807, 2.05) is 67.6 Å². The number of nitrogens with two attached hydrogens (primary N) is 1. The Kier molecular flexibility index (Phi) is 3.59. The summed E-state index contributed by atoms with van der Waals surface area (Å²) >= 11 is 0. The molecule has 0 unspecified atom stereocenters. The van der Waals surface area contributed by atoms with Gasteiger partial charge >= 0.3 is 0 Å². The molecular formula is C19H15N3. The van der Waals surface area contributed by atoms with Gasteiger partial charge in [-0.3, -0.25) is 0 Å². The fourth-order valence-electron chi connectivity index (χ4n) is 2.48. The molecule has 3 aromatic rings. The highest BCUT2D eigenvalue weighted by atomic mass is 14.8. The van der Waals surface area contributed by atoms with Crippen LogP contribution in [0.1, 0.15) is 11.1 Å². The average molecular weight is 285 g/mol. The number of aromatic nitrogens is 1. The van der Waals surface area contributed by atoms with Crippen LogP contribution in [0.5, 0.6) is 0 Å². The number of pyridine rings is 1. The first-order chi connectivity index (χ1) is 10.7. The van der Waals surface area contributed by atoms with Crippen LogP contribution in [-0.2, 0) is 0 Å². The molecule has 0 saturated carbocycles. The number of benzene rings is 2. The van der Waals surface area contributed by atoms with Crippen LogP contribution in [-0.4, -0.2) is 4.98 Å². The minimum Gasteiger partial charge on any atom is -0.383 e. The lowest BCUT2D eigenvalue weighted by atomic mass is 9.97. The topological polar surface area (TPSA) is 62.7 Å². The van der Waals surface area contributed by atoms with E-state index in [1.54, 1.807) is 0 Å². The van der Waals surface area contributed by atoms with Crippen LogP contribution < -0.4 is 5.73 Å². The summed E-state index contributed by atoms with van der Waals surface area (Å²) in [5.41, 5.74) is 11.1. The number of nitrogen functional groups attached to an aromatic ring is 1. The third kappa shape index (κ3) is 2.55. The number of nitriles is 1. The van der Waals surface area contributed by atoms with Crippen molar-refractivity contribution in [3.05, 3.63) is 71.8 Å². The van der Waals surface area contributed by atoms with Crippen LogP contribution in [0.15, 0.2) is 60.7 Å². The van der Waals surface area contributed by atoms with Crippen LogP contribution in [0, 0.1) is 18.3 Å². The van der Waals surface area contributed by atoms with Gasteiger partial charge in [-0.15, -0.1) is 0 Å². The Balaban J connectivity index is 2.25. The number of hydrogen-bond acceptors (Lipinski definition) is 3. The lowest BCUT2D eigenvalue weighted by Crippen LogP contribution is -1.99. The zero-order chi connectivity index (χ0) is 15.5. The third-order valence-corrected chi connectivity index (χ3v) is 3.56. The maximum atomic E-state index is 9.42. The van der Waals surface area contributed by atoms with E-state index in [9.17, 15) is 5.26 Å². The number of aryl methyl sites for hydroxylation is 1. The Morgan fingerprint density at radius 3 is 2.36 bits per heavy atom. The second-order valence-electron chi connectivity index (χ2n) is 5.16. The number of nitrogens with zero attached hydrogens (tertiary/aromatic N) is 2. The van der Waals surface area contributed by atoms with Crippen molar-refractivity contribution in [3.63, 3.8) is 0 Å². The highest BCUT2D eigenvalue weighted by molar-refractivity contribution is 5.80. The average Bonchev–Trinajstić information content (AvgIpc) is 2.55. The summed E-state index contributed by atoms with van der Waals surface area (Å²) in [7, 11) is 0. The zero-order valence-electron chi connectivity index (χ0n) is 12.2. The van der Waals surface area contributed by atoms with Crippen LogP contribution >= 0.6 is 0 Å². The van der Waals surface area contributed by atoms with E-state index >= 15 is 0 Å². The van der Waals surface area contributed by atoms with E-state index in [4.69, 9.17) is 5.73 Å². The van der Waals surface area contributed by atoms with Crippen LogP contribution in [0.25, 0.3) is 22.4 Å². The van der Waals surface area contributed by atoms with Gasteiger partial charge in [-0.2, -0.15) is 5.26 Å². The van der Waals surface area contributed by atoms with Gasteiger partial charge in [0, 0.05) is 11.1 Å². The molecule has 1 heterocycles. The predicted molar refractivity (Wildman–Crippen MR) is 89.0 cm³/mol. The predicted octanol–water partition coefficient (Wildman–Crippen LogP) is 4.18. The summed E-state index contributed by atoms with van der Waals surface area (Å²) in [5.74, 6) is 0.264. The minimum atomic E-state index is 0.264. The first kappa shape index (κ1) is 13.8. The van der Waals surface area contributed by atoms with Crippen molar-refractivity contribution in [2.45, 2.75) is 6.92 Å². The Morgan fingerprint density at radius 1 is 0.955 bits per heavy atom. The SMILES string of the molecule is Cc1cccc(-c2cc(-c3ccccc3)nc(N)c2C#N)c1. The molecule has 0 spiro atoms. The molecule has 0 saturated heterocycles. The van der Waals surface area contributed by atoms with Gasteiger partial charge in [0.15, 0.2) is 0 Å². The second-order valence-corrected chi connectivity index (χ2v) is 5.16. The lowest BCUT2D eigenvalue weighted by molar-refractivity contribution is 1.31. The summed E-state index contributed by atoms with van der Waals surface area (Å²) < 4.78 is 0. The molecule has 0 aliphatic carbocycles. The van der Waals surface area contributed by atoms with E-state index in [0.29, 0.717) is 5.56 Å². The first-order valence-corrected chi connectivity index (χ1v) is 7.02. The van der Waals surface area contributed by atoms with Gasteiger partial charge in [0.05, 0.1) is 5.69 Å². The number of hydrogen-bond donors (Lipinski definition) is 1. The molecule has 1 aromatic heterocycles. The number of anilines is 1. The normalized spacial score (nSPS) is 10.2. The molecule has 0 fully saturated rings. The van der Waals surface area contributed by atoms with Gasteiger partial charge in [0.25, 0.3) is 0 Å². The number of rotatable bonds is 2. The van der Waals surface area contributed by atoms with Crippen LogP contribution in [0.2, 0.25) is 0 Å². The molecular weight excluding hydrogens is 270 g/mol. The monoisotopic (exact) mass is 285 g/mol. The zero-order valence-corrected chi connectivity index (χ0v) is 12.2. The molecule has 3 nitrogen and oxygen atoms in total. The van der Waals surface area contributed by atoms with E-state index in [1.165, 1.54) is 0 Å².